The quantitative estimate of drug-likeness (QED) is 0.395. The van der Waals surface area contributed by atoms with Crippen molar-refractivity contribution in [3.63, 3.8) is 0 Å². The van der Waals surface area contributed by atoms with E-state index in [9.17, 15) is 13.2 Å². The van der Waals surface area contributed by atoms with E-state index < -0.39 is 21.3 Å². The molecule has 6 nitrogen and oxygen atoms in total. The van der Waals surface area contributed by atoms with Crippen LogP contribution in [0.1, 0.15) is 0 Å². The molecule has 0 bridgehead atoms. The maximum Gasteiger partial charge on any atom is 0.312 e. The molecule has 0 heterocycles. The summed E-state index contributed by atoms with van der Waals surface area (Å²) in [5.41, 5.74) is 4.72. The third-order valence-corrected chi connectivity index (χ3v) is 2.68. The molecule has 4 N–H and O–H groups in total. The molecule has 0 saturated heterocycles. The van der Waals surface area contributed by atoms with E-state index in [1.165, 1.54) is 0 Å². The van der Waals surface area contributed by atoms with Gasteiger partial charge < -0.3 is 11.1 Å². The van der Waals surface area contributed by atoms with E-state index in [-0.39, 0.29) is 13.1 Å². The van der Waals surface area contributed by atoms with Crippen molar-refractivity contribution in [3.8, 4) is 0 Å². The van der Waals surface area contributed by atoms with Gasteiger partial charge in [0.05, 0.1) is 0 Å². The summed E-state index contributed by atoms with van der Waals surface area (Å²) in [6.45, 7) is 0.226. The third-order valence-electron chi connectivity index (χ3n) is 0.890. The van der Waals surface area contributed by atoms with Gasteiger partial charge in [-0.3, -0.25) is 0 Å². The normalized spacial score (nSPS) is 11.1. The second kappa shape index (κ2) is 5.18. The lowest BCUT2D eigenvalue weighted by Gasteiger charge is -2.03. The van der Waals surface area contributed by atoms with Crippen molar-refractivity contribution < 1.29 is 13.2 Å². The molecule has 0 aromatic carbocycles. The second-order valence-electron chi connectivity index (χ2n) is 1.91. The van der Waals surface area contributed by atoms with E-state index in [1.807, 2.05) is 0 Å². The minimum atomic E-state index is -3.39. The molecule has 0 saturated carbocycles. The third kappa shape index (κ3) is 6.20. The lowest BCUT2D eigenvalue weighted by atomic mass is 10.6. The number of hydrogen-bond acceptors (Lipinski definition) is 3. The number of rotatable bonds is 5. The number of urea groups is 1. The van der Waals surface area contributed by atoms with E-state index >= 15 is 0 Å². The highest BCUT2D eigenvalue weighted by molar-refractivity contribution is 7.90. The first-order valence-corrected chi connectivity index (χ1v) is 5.23. The van der Waals surface area contributed by atoms with Crippen molar-refractivity contribution in [1.29, 1.82) is 0 Å². The molecule has 0 aliphatic carbocycles. The Kier molecular flexibility index (Phi) is 4.95. The van der Waals surface area contributed by atoms with Crippen LogP contribution in [0.15, 0.2) is 0 Å². The molecule has 0 radical (unpaired) electrons. The Morgan fingerprint density at radius 3 is 2.42 bits per heavy atom. The second-order valence-corrected chi connectivity index (χ2v) is 4.30. The van der Waals surface area contributed by atoms with Crippen LogP contribution in [-0.4, -0.2) is 32.8 Å². The number of nitrogens with two attached hydrogens (primary N) is 1. The molecule has 0 fully saturated rings. The zero-order valence-corrected chi connectivity index (χ0v) is 7.78. The van der Waals surface area contributed by atoms with Crippen LogP contribution in [0, 0.1) is 0 Å². The van der Waals surface area contributed by atoms with Crippen molar-refractivity contribution >= 4 is 27.7 Å². The fraction of sp³-hybridized carbons (Fsp3) is 0.750. The van der Waals surface area contributed by atoms with Gasteiger partial charge in [0.25, 0.3) is 0 Å². The molecular weight excluding hydrogens is 206 g/mol. The molecule has 12 heavy (non-hydrogen) atoms. The van der Waals surface area contributed by atoms with Crippen LogP contribution in [0.3, 0.4) is 0 Å². The van der Waals surface area contributed by atoms with Gasteiger partial charge >= 0.3 is 6.03 Å². The van der Waals surface area contributed by atoms with Crippen LogP contribution >= 0.6 is 11.6 Å². The lowest BCUT2D eigenvalue weighted by Crippen LogP contribution is -2.37. The predicted molar refractivity (Wildman–Crippen MR) is 45.2 cm³/mol. The highest BCUT2D eigenvalue weighted by atomic mass is 35.5. The Labute approximate surface area is 75.5 Å². The number of halogens is 1. The summed E-state index contributed by atoms with van der Waals surface area (Å²) < 4.78 is 23.4. The molecule has 72 valence electrons. The smallest absolute Gasteiger partial charge is 0.312 e. The van der Waals surface area contributed by atoms with Gasteiger partial charge in [0.15, 0.2) is 0 Å². The monoisotopic (exact) mass is 215 g/mol. The average molecular weight is 216 g/mol. The van der Waals surface area contributed by atoms with Crippen LogP contribution in [0.5, 0.6) is 0 Å². The van der Waals surface area contributed by atoms with Crippen molar-refractivity contribution in [2.45, 2.75) is 0 Å². The number of amides is 2. The minimum Gasteiger partial charge on any atom is -0.352 e. The summed E-state index contributed by atoms with van der Waals surface area (Å²) in [6, 6.07) is -0.694. The maximum absolute atomic E-state index is 10.7. The van der Waals surface area contributed by atoms with Crippen molar-refractivity contribution in [2.75, 3.05) is 18.3 Å². The highest BCUT2D eigenvalue weighted by Crippen LogP contribution is 1.85. The summed E-state index contributed by atoms with van der Waals surface area (Å²) in [5, 5.41) is 1.71. The van der Waals surface area contributed by atoms with Gasteiger partial charge in [-0.1, -0.05) is 0 Å². The first-order chi connectivity index (χ1) is 5.48. The van der Waals surface area contributed by atoms with Gasteiger partial charge in [-0.2, -0.15) is 0 Å². The largest absolute Gasteiger partial charge is 0.352 e. The molecule has 0 aromatic heterocycles. The van der Waals surface area contributed by atoms with Gasteiger partial charge in [0, 0.05) is 13.1 Å². The Hall–Kier alpha value is -0.530. The maximum atomic E-state index is 10.7. The summed E-state index contributed by atoms with van der Waals surface area (Å²) >= 11 is 5.07. The number of hydrogen-bond donors (Lipinski definition) is 3. The number of carbonyl (C=O) groups excluding carboxylic acids is 1. The topological polar surface area (TPSA) is 101 Å². The summed E-state index contributed by atoms with van der Waals surface area (Å²) in [4.78, 5) is 10.1. The van der Waals surface area contributed by atoms with E-state index in [0.29, 0.717) is 0 Å². The van der Waals surface area contributed by atoms with Gasteiger partial charge in [-0.15, -0.1) is 11.6 Å². The van der Waals surface area contributed by atoms with Crippen LogP contribution in [0.2, 0.25) is 0 Å². The van der Waals surface area contributed by atoms with Gasteiger partial charge in [-0.05, 0) is 0 Å². The number of primary amides is 1. The fourth-order valence-corrected chi connectivity index (χ4v) is 1.15. The summed E-state index contributed by atoms with van der Waals surface area (Å²) in [5.74, 6) is 0. The van der Waals surface area contributed by atoms with E-state index in [4.69, 9.17) is 17.3 Å². The first kappa shape index (κ1) is 11.5. The Bertz CT molecular complexity index is 240. The van der Waals surface area contributed by atoms with Crippen LogP contribution in [0.4, 0.5) is 4.79 Å². The van der Waals surface area contributed by atoms with E-state index in [0.717, 1.165) is 0 Å². The van der Waals surface area contributed by atoms with Gasteiger partial charge in [-0.25, -0.2) is 17.9 Å². The van der Waals surface area contributed by atoms with E-state index in [2.05, 4.69) is 10.0 Å². The zero-order valence-electron chi connectivity index (χ0n) is 6.21. The lowest BCUT2D eigenvalue weighted by molar-refractivity contribution is 0.249. The molecule has 0 rings (SSSR count). The van der Waals surface area contributed by atoms with Crippen molar-refractivity contribution in [3.05, 3.63) is 0 Å². The highest BCUT2D eigenvalue weighted by Gasteiger charge is 2.05. The Morgan fingerprint density at radius 2 is 2.00 bits per heavy atom. The zero-order chi connectivity index (χ0) is 9.61. The first-order valence-electron chi connectivity index (χ1n) is 3.04. The van der Waals surface area contributed by atoms with Crippen molar-refractivity contribution in [2.24, 2.45) is 5.73 Å². The molecule has 0 aliphatic heterocycles. The average Bonchev–Trinajstić information content (AvgIpc) is 1.98. The molecule has 8 heteroatoms. The number of carbonyl (C=O) groups is 1. The van der Waals surface area contributed by atoms with Crippen LogP contribution in [0.25, 0.3) is 0 Å². The van der Waals surface area contributed by atoms with Crippen molar-refractivity contribution in [1.82, 2.24) is 10.0 Å². The van der Waals surface area contributed by atoms with Crippen LogP contribution in [-0.2, 0) is 10.0 Å². The predicted octanol–water partition coefficient (Wildman–Crippen LogP) is -1.23. The minimum absolute atomic E-state index is 0.0813. The van der Waals surface area contributed by atoms with E-state index in [1.54, 1.807) is 0 Å². The molecule has 0 atom stereocenters. The number of alkyl halides is 1. The molecule has 0 aromatic rings. The number of sulfonamides is 1. The standard InChI is InChI=1S/C4H10ClN3O3S/c5-3-12(10,11)8-2-1-7-4(6)9/h8H,1-3H2,(H3,6,7,9). The number of nitrogens with one attached hydrogen (secondary N) is 2. The molecule has 0 aliphatic rings. The van der Waals surface area contributed by atoms with Crippen LogP contribution < -0.4 is 15.8 Å². The molecule has 0 spiro atoms. The summed E-state index contributed by atoms with van der Waals surface area (Å²) in [7, 11) is -3.39. The fourth-order valence-electron chi connectivity index (χ4n) is 0.431. The Morgan fingerprint density at radius 1 is 1.42 bits per heavy atom. The SMILES string of the molecule is NC(=O)NCCNS(=O)(=O)CCl. The molecular formula is C4H10ClN3O3S. The Balaban J connectivity index is 3.51. The molecule has 0 unspecified atom stereocenters. The molecule has 2 amide bonds. The van der Waals surface area contributed by atoms with Gasteiger partial charge in [0.2, 0.25) is 10.0 Å². The van der Waals surface area contributed by atoms with Gasteiger partial charge in [0.1, 0.15) is 5.21 Å². The summed E-state index contributed by atoms with van der Waals surface area (Å²) in [6.07, 6.45) is 0.